The van der Waals surface area contributed by atoms with Crippen LogP contribution in [-0.2, 0) is 0 Å². The molecule has 0 fully saturated rings. The molecule has 64 valence electrons. The van der Waals surface area contributed by atoms with Crippen LogP contribution in [0.4, 0.5) is 0 Å². The van der Waals surface area contributed by atoms with Crippen molar-refractivity contribution in [2.45, 2.75) is 20.8 Å². The molecule has 0 unspecified atom stereocenters. The molecular formula is C8H17N3. The van der Waals surface area contributed by atoms with E-state index in [0.29, 0.717) is 11.5 Å². The van der Waals surface area contributed by atoms with Crippen LogP contribution in [0.2, 0.25) is 0 Å². The molecule has 0 bridgehead atoms. The molecule has 3 nitrogen and oxygen atoms in total. The molecule has 0 saturated heterocycles. The van der Waals surface area contributed by atoms with Crippen LogP contribution in [0.1, 0.15) is 20.8 Å². The van der Waals surface area contributed by atoms with Crippen LogP contribution < -0.4 is 11.1 Å². The minimum absolute atomic E-state index is 0.124. The summed E-state index contributed by atoms with van der Waals surface area (Å²) in [7, 11) is 1.74. The first-order valence-corrected chi connectivity index (χ1v) is 3.62. The van der Waals surface area contributed by atoms with Crippen LogP contribution in [0.5, 0.6) is 0 Å². The fourth-order valence-corrected chi connectivity index (χ4v) is 0.444. The molecule has 0 aromatic rings. The average Bonchev–Trinajstić information content (AvgIpc) is 1.85. The second-order valence-corrected chi connectivity index (χ2v) is 3.51. The Kier molecular flexibility index (Phi) is 3.11. The Morgan fingerprint density at radius 3 is 2.18 bits per heavy atom. The van der Waals surface area contributed by atoms with Gasteiger partial charge in [-0.25, -0.2) is 0 Å². The maximum atomic E-state index is 7.58. The van der Waals surface area contributed by atoms with E-state index < -0.39 is 0 Å². The summed E-state index contributed by atoms with van der Waals surface area (Å²) < 4.78 is 0. The Hall–Kier alpha value is -0.990. The van der Waals surface area contributed by atoms with Gasteiger partial charge in [-0.2, -0.15) is 0 Å². The molecule has 0 spiro atoms. The quantitative estimate of drug-likeness (QED) is 0.522. The number of hydrogen-bond donors (Lipinski definition) is 3. The molecular weight excluding hydrogens is 138 g/mol. The van der Waals surface area contributed by atoms with Gasteiger partial charge in [0.1, 0.15) is 0 Å². The van der Waals surface area contributed by atoms with Gasteiger partial charge in [-0.1, -0.05) is 20.8 Å². The van der Waals surface area contributed by atoms with Crippen molar-refractivity contribution in [3.63, 3.8) is 0 Å². The van der Waals surface area contributed by atoms with E-state index in [-0.39, 0.29) is 5.41 Å². The Bertz CT molecular complexity index is 174. The van der Waals surface area contributed by atoms with Crippen molar-refractivity contribution in [2.75, 3.05) is 7.05 Å². The Morgan fingerprint density at radius 1 is 1.45 bits per heavy atom. The Labute approximate surface area is 68.2 Å². The third-order valence-corrected chi connectivity index (χ3v) is 1.40. The molecule has 3 heteroatoms. The Balaban J connectivity index is 4.30. The highest BCUT2D eigenvalue weighted by Crippen LogP contribution is 2.15. The van der Waals surface area contributed by atoms with E-state index in [9.17, 15) is 0 Å². The third-order valence-electron chi connectivity index (χ3n) is 1.40. The van der Waals surface area contributed by atoms with Crippen LogP contribution in [0.15, 0.2) is 11.9 Å². The van der Waals surface area contributed by atoms with Gasteiger partial charge in [-0.3, -0.25) is 0 Å². The van der Waals surface area contributed by atoms with Crippen molar-refractivity contribution in [1.29, 1.82) is 5.41 Å². The van der Waals surface area contributed by atoms with Crippen molar-refractivity contribution < 1.29 is 0 Å². The van der Waals surface area contributed by atoms with Gasteiger partial charge in [0.05, 0.1) is 5.82 Å². The maximum Gasteiger partial charge on any atom is 0.0975 e. The molecule has 4 N–H and O–H groups in total. The molecule has 0 aliphatic carbocycles. The fourth-order valence-electron chi connectivity index (χ4n) is 0.444. The lowest BCUT2D eigenvalue weighted by Gasteiger charge is -2.17. The average molecular weight is 155 g/mol. The maximum absolute atomic E-state index is 7.58. The van der Waals surface area contributed by atoms with Crippen LogP contribution in [0.25, 0.3) is 0 Å². The largest absolute Gasteiger partial charge is 0.385 e. The van der Waals surface area contributed by atoms with E-state index in [2.05, 4.69) is 5.32 Å². The molecule has 0 aromatic carbocycles. The van der Waals surface area contributed by atoms with Gasteiger partial charge in [0.2, 0.25) is 0 Å². The van der Waals surface area contributed by atoms with Gasteiger partial charge in [0.15, 0.2) is 0 Å². The zero-order chi connectivity index (χ0) is 9.07. The van der Waals surface area contributed by atoms with Gasteiger partial charge in [-0.15, -0.1) is 0 Å². The summed E-state index contributed by atoms with van der Waals surface area (Å²) in [6.07, 6.45) is 1.64. The normalized spacial score (nSPS) is 12.9. The minimum atomic E-state index is -0.124. The number of hydrogen-bond acceptors (Lipinski definition) is 3. The molecule has 0 amide bonds. The molecule has 0 saturated carbocycles. The van der Waals surface area contributed by atoms with E-state index in [1.807, 2.05) is 20.8 Å². The second-order valence-electron chi connectivity index (χ2n) is 3.51. The fraction of sp³-hybridized carbons (Fsp3) is 0.625. The van der Waals surface area contributed by atoms with Crippen molar-refractivity contribution in [3.8, 4) is 0 Å². The molecule has 0 atom stereocenters. The van der Waals surface area contributed by atoms with E-state index in [1.54, 1.807) is 13.1 Å². The van der Waals surface area contributed by atoms with Crippen LogP contribution in [-0.4, -0.2) is 12.8 Å². The van der Waals surface area contributed by atoms with Crippen molar-refractivity contribution in [2.24, 2.45) is 11.1 Å². The summed E-state index contributed by atoms with van der Waals surface area (Å²) in [6, 6.07) is 0. The van der Waals surface area contributed by atoms with Gasteiger partial charge in [0.25, 0.3) is 0 Å². The van der Waals surface area contributed by atoms with Crippen molar-refractivity contribution in [3.05, 3.63) is 11.9 Å². The second kappa shape index (κ2) is 3.42. The summed E-state index contributed by atoms with van der Waals surface area (Å²) in [5, 5.41) is 10.3. The van der Waals surface area contributed by atoms with E-state index in [1.165, 1.54) is 0 Å². The lowest BCUT2D eigenvalue weighted by Crippen LogP contribution is -2.22. The zero-order valence-corrected chi connectivity index (χ0v) is 7.65. The molecule has 0 heterocycles. The highest BCUT2D eigenvalue weighted by atomic mass is 15.0. The topological polar surface area (TPSA) is 61.9 Å². The molecule has 0 rings (SSSR count). The van der Waals surface area contributed by atoms with Gasteiger partial charge < -0.3 is 16.5 Å². The monoisotopic (exact) mass is 155 g/mol. The standard InChI is InChI=1S/C8H17N3/c1-8(2,3)6(9)5-7(10)11-4/h5,9,11H,10H2,1-4H3/b7-5-,9-6?. The summed E-state index contributed by atoms with van der Waals surface area (Å²) in [5.41, 5.74) is 5.89. The smallest absolute Gasteiger partial charge is 0.0975 e. The first-order chi connectivity index (χ1) is 4.88. The highest BCUT2D eigenvalue weighted by Gasteiger charge is 2.14. The van der Waals surface area contributed by atoms with E-state index >= 15 is 0 Å². The predicted octanol–water partition coefficient (Wildman–Crippen LogP) is 1.07. The molecule has 0 aromatic heterocycles. The lowest BCUT2D eigenvalue weighted by atomic mass is 9.90. The molecule has 0 aliphatic rings. The lowest BCUT2D eigenvalue weighted by molar-refractivity contribution is 0.590. The summed E-state index contributed by atoms with van der Waals surface area (Å²) in [6.45, 7) is 5.94. The SMILES string of the molecule is CN/C(N)=C\C(=N)C(C)(C)C. The van der Waals surface area contributed by atoms with Gasteiger partial charge >= 0.3 is 0 Å². The zero-order valence-electron chi connectivity index (χ0n) is 7.65. The highest BCUT2D eigenvalue weighted by molar-refractivity contribution is 5.96. The van der Waals surface area contributed by atoms with Crippen LogP contribution in [0.3, 0.4) is 0 Å². The first kappa shape index (κ1) is 10.0. The summed E-state index contributed by atoms with van der Waals surface area (Å²) in [5.74, 6) is 0.532. The number of rotatable bonds is 2. The van der Waals surface area contributed by atoms with E-state index in [0.717, 1.165) is 0 Å². The van der Waals surface area contributed by atoms with Crippen LogP contribution >= 0.6 is 0 Å². The van der Waals surface area contributed by atoms with Gasteiger partial charge in [0, 0.05) is 18.2 Å². The number of nitrogens with one attached hydrogen (secondary N) is 2. The molecule has 0 aliphatic heterocycles. The first-order valence-electron chi connectivity index (χ1n) is 3.62. The summed E-state index contributed by atoms with van der Waals surface area (Å²) in [4.78, 5) is 0. The third kappa shape index (κ3) is 3.65. The summed E-state index contributed by atoms with van der Waals surface area (Å²) >= 11 is 0. The van der Waals surface area contributed by atoms with Crippen molar-refractivity contribution in [1.82, 2.24) is 5.32 Å². The minimum Gasteiger partial charge on any atom is -0.385 e. The molecule has 0 radical (unpaired) electrons. The molecule has 11 heavy (non-hydrogen) atoms. The predicted molar refractivity (Wildman–Crippen MR) is 48.5 cm³/mol. The number of allylic oxidation sites excluding steroid dienone is 1. The van der Waals surface area contributed by atoms with E-state index in [4.69, 9.17) is 11.1 Å². The number of nitrogens with two attached hydrogens (primary N) is 1. The Morgan fingerprint density at radius 2 is 1.91 bits per heavy atom. The van der Waals surface area contributed by atoms with Crippen LogP contribution in [0, 0.1) is 10.8 Å². The van der Waals surface area contributed by atoms with Gasteiger partial charge in [-0.05, 0) is 6.08 Å². The van der Waals surface area contributed by atoms with Crippen molar-refractivity contribution >= 4 is 5.71 Å².